The van der Waals surface area contributed by atoms with Gasteiger partial charge >= 0.3 is 6.18 Å². The highest BCUT2D eigenvalue weighted by Gasteiger charge is 2.40. The smallest absolute Gasteiger partial charge is 0.379 e. The van der Waals surface area contributed by atoms with Gasteiger partial charge < -0.3 is 5.11 Å². The molecular formula is C10H7F3OS. The van der Waals surface area contributed by atoms with E-state index in [9.17, 15) is 13.2 Å². The molecule has 0 fully saturated rings. The summed E-state index contributed by atoms with van der Waals surface area (Å²) in [5, 5.41) is 10.9. The first-order valence-electron chi connectivity index (χ1n) is 4.21. The second-order valence-corrected chi connectivity index (χ2v) is 4.04. The van der Waals surface area contributed by atoms with E-state index >= 15 is 0 Å². The van der Waals surface area contributed by atoms with Gasteiger partial charge in [-0.05, 0) is 16.8 Å². The third kappa shape index (κ3) is 1.85. The third-order valence-electron chi connectivity index (χ3n) is 2.12. The zero-order valence-electron chi connectivity index (χ0n) is 7.45. The van der Waals surface area contributed by atoms with Gasteiger partial charge in [0.2, 0.25) is 0 Å². The van der Waals surface area contributed by atoms with Crippen LogP contribution in [-0.2, 0) is 0 Å². The Morgan fingerprint density at radius 1 is 1.20 bits per heavy atom. The summed E-state index contributed by atoms with van der Waals surface area (Å²) in [4.78, 5) is 0. The van der Waals surface area contributed by atoms with E-state index in [1.54, 1.807) is 24.3 Å². The van der Waals surface area contributed by atoms with Crippen molar-refractivity contribution in [2.45, 2.75) is 12.3 Å². The number of thiophene rings is 1. The van der Waals surface area contributed by atoms with Crippen molar-refractivity contribution in [2.75, 3.05) is 0 Å². The maximum atomic E-state index is 12.3. The van der Waals surface area contributed by atoms with E-state index < -0.39 is 12.3 Å². The molecule has 15 heavy (non-hydrogen) atoms. The van der Waals surface area contributed by atoms with Crippen molar-refractivity contribution in [3.8, 4) is 0 Å². The highest BCUT2D eigenvalue weighted by molar-refractivity contribution is 7.17. The van der Waals surface area contributed by atoms with Crippen molar-refractivity contribution in [2.24, 2.45) is 0 Å². The zero-order chi connectivity index (χ0) is 11.1. The van der Waals surface area contributed by atoms with Crippen molar-refractivity contribution in [3.63, 3.8) is 0 Å². The van der Waals surface area contributed by atoms with Crippen molar-refractivity contribution >= 4 is 21.4 Å². The molecule has 1 aromatic heterocycles. The van der Waals surface area contributed by atoms with Gasteiger partial charge in [0, 0.05) is 10.3 Å². The van der Waals surface area contributed by atoms with Gasteiger partial charge in [-0.3, -0.25) is 0 Å². The quantitative estimate of drug-likeness (QED) is 0.797. The van der Waals surface area contributed by atoms with Gasteiger partial charge in [-0.25, -0.2) is 0 Å². The Labute approximate surface area is 87.8 Å². The summed E-state index contributed by atoms with van der Waals surface area (Å²) in [6, 6.07) is 6.72. The molecule has 0 saturated carbocycles. The summed E-state index contributed by atoms with van der Waals surface area (Å²) in [5.41, 5.74) is -0.0666. The van der Waals surface area contributed by atoms with Crippen LogP contribution in [-0.4, -0.2) is 11.3 Å². The topological polar surface area (TPSA) is 20.2 Å². The molecule has 2 rings (SSSR count). The average Bonchev–Trinajstić information content (AvgIpc) is 2.58. The molecule has 1 atom stereocenters. The second-order valence-electron chi connectivity index (χ2n) is 3.13. The molecule has 0 radical (unpaired) electrons. The van der Waals surface area contributed by atoms with Crippen molar-refractivity contribution in [1.29, 1.82) is 0 Å². The van der Waals surface area contributed by atoms with Crippen LogP contribution in [0, 0.1) is 0 Å². The van der Waals surface area contributed by atoms with Crippen LogP contribution in [0.4, 0.5) is 13.2 Å². The fourth-order valence-corrected chi connectivity index (χ4v) is 2.37. The number of hydrogen-bond acceptors (Lipinski definition) is 2. The Kier molecular flexibility index (Phi) is 2.44. The summed E-state index contributed by atoms with van der Waals surface area (Å²) >= 11 is 1.20. The van der Waals surface area contributed by atoms with E-state index in [0.29, 0.717) is 5.39 Å². The van der Waals surface area contributed by atoms with E-state index in [0.717, 1.165) is 4.70 Å². The molecule has 0 aliphatic heterocycles. The molecule has 5 heteroatoms. The first kappa shape index (κ1) is 10.4. The third-order valence-corrected chi connectivity index (χ3v) is 3.10. The lowest BCUT2D eigenvalue weighted by atomic mass is 10.1. The van der Waals surface area contributed by atoms with Gasteiger partial charge in [-0.15, -0.1) is 11.3 Å². The minimum atomic E-state index is -4.61. The Morgan fingerprint density at radius 2 is 1.87 bits per heavy atom. The van der Waals surface area contributed by atoms with Crippen LogP contribution in [0.2, 0.25) is 0 Å². The van der Waals surface area contributed by atoms with E-state index in [-0.39, 0.29) is 5.56 Å². The van der Waals surface area contributed by atoms with Crippen LogP contribution < -0.4 is 0 Å². The minimum Gasteiger partial charge on any atom is -0.379 e. The molecule has 0 bridgehead atoms. The van der Waals surface area contributed by atoms with Crippen molar-refractivity contribution in [3.05, 3.63) is 35.2 Å². The lowest BCUT2D eigenvalue weighted by molar-refractivity contribution is -0.206. The number of benzene rings is 1. The Morgan fingerprint density at radius 3 is 2.53 bits per heavy atom. The Balaban J connectivity index is 2.53. The monoisotopic (exact) mass is 232 g/mol. The van der Waals surface area contributed by atoms with E-state index in [1.165, 1.54) is 16.7 Å². The normalized spacial score (nSPS) is 14.4. The molecule has 1 nitrogen and oxygen atoms in total. The van der Waals surface area contributed by atoms with Crippen LogP contribution in [0.25, 0.3) is 10.1 Å². The molecule has 80 valence electrons. The van der Waals surface area contributed by atoms with Gasteiger partial charge in [0.1, 0.15) is 0 Å². The summed E-state index contributed by atoms with van der Waals surface area (Å²) in [6.07, 6.45) is -7.00. The highest BCUT2D eigenvalue weighted by Crippen LogP contribution is 2.38. The van der Waals surface area contributed by atoms with Crippen LogP contribution in [0.1, 0.15) is 11.7 Å². The number of aliphatic hydroxyl groups is 1. The fourth-order valence-electron chi connectivity index (χ4n) is 1.39. The fraction of sp³-hybridized carbons (Fsp3) is 0.200. The summed E-state index contributed by atoms with van der Waals surface area (Å²) < 4.78 is 37.6. The predicted octanol–water partition coefficient (Wildman–Crippen LogP) is 3.50. The van der Waals surface area contributed by atoms with Crippen LogP contribution >= 0.6 is 11.3 Å². The molecule has 2 aromatic rings. The first-order valence-corrected chi connectivity index (χ1v) is 5.09. The van der Waals surface area contributed by atoms with Gasteiger partial charge in [-0.2, -0.15) is 13.2 Å². The molecule has 0 amide bonds. The van der Waals surface area contributed by atoms with Gasteiger partial charge in [0.05, 0.1) is 0 Å². The average molecular weight is 232 g/mol. The zero-order valence-corrected chi connectivity index (χ0v) is 8.27. The molecule has 0 spiro atoms. The summed E-state index contributed by atoms with van der Waals surface area (Å²) in [5.74, 6) is 0. The molecule has 0 aliphatic rings. The van der Waals surface area contributed by atoms with Crippen LogP contribution in [0.15, 0.2) is 29.6 Å². The SMILES string of the molecule is O[C@@H](c1csc2ccccc12)C(F)(F)F. The number of fused-ring (bicyclic) bond motifs is 1. The van der Waals surface area contributed by atoms with Crippen molar-refractivity contribution < 1.29 is 18.3 Å². The molecule has 0 saturated heterocycles. The number of hydrogen-bond donors (Lipinski definition) is 1. The second kappa shape index (κ2) is 3.50. The predicted molar refractivity (Wildman–Crippen MR) is 52.8 cm³/mol. The molecular weight excluding hydrogens is 225 g/mol. The maximum Gasteiger partial charge on any atom is 0.418 e. The standard InChI is InChI=1S/C10H7F3OS/c11-10(12,13)9(14)7-5-15-8-4-2-1-3-6(7)8/h1-5,9,14H/t9-/m0/s1. The number of rotatable bonds is 1. The Hall–Kier alpha value is -1.07. The maximum absolute atomic E-state index is 12.3. The van der Waals surface area contributed by atoms with Crippen LogP contribution in [0.5, 0.6) is 0 Å². The summed E-state index contributed by atoms with van der Waals surface area (Å²) in [7, 11) is 0. The van der Waals surface area contributed by atoms with Crippen LogP contribution in [0.3, 0.4) is 0 Å². The highest BCUT2D eigenvalue weighted by atomic mass is 32.1. The van der Waals surface area contributed by atoms with E-state index in [1.807, 2.05) is 0 Å². The van der Waals surface area contributed by atoms with Gasteiger partial charge in [-0.1, -0.05) is 18.2 Å². The first-order chi connectivity index (χ1) is 7.00. The molecule has 0 aliphatic carbocycles. The lowest BCUT2D eigenvalue weighted by Gasteiger charge is -2.13. The van der Waals surface area contributed by atoms with Gasteiger partial charge in [0.25, 0.3) is 0 Å². The molecule has 1 N–H and O–H groups in total. The number of aliphatic hydroxyl groups excluding tert-OH is 1. The number of alkyl halides is 3. The molecule has 1 heterocycles. The molecule has 1 aromatic carbocycles. The van der Waals surface area contributed by atoms with E-state index in [2.05, 4.69) is 0 Å². The molecule has 0 unspecified atom stereocenters. The van der Waals surface area contributed by atoms with E-state index in [4.69, 9.17) is 5.11 Å². The van der Waals surface area contributed by atoms with Crippen molar-refractivity contribution in [1.82, 2.24) is 0 Å². The summed E-state index contributed by atoms with van der Waals surface area (Å²) in [6.45, 7) is 0. The minimum absolute atomic E-state index is 0.0666. The van der Waals surface area contributed by atoms with Gasteiger partial charge in [0.15, 0.2) is 6.10 Å². The Bertz CT molecular complexity index is 475. The lowest BCUT2D eigenvalue weighted by Crippen LogP contribution is -2.19. The number of halogens is 3. The largest absolute Gasteiger partial charge is 0.418 e.